The zero-order valence-electron chi connectivity index (χ0n) is 10.4. The highest BCUT2D eigenvalue weighted by Crippen LogP contribution is 2.29. The van der Waals surface area contributed by atoms with Gasteiger partial charge < -0.3 is 4.74 Å². The lowest BCUT2D eigenvalue weighted by Gasteiger charge is -2.11. The zero-order valence-corrected chi connectivity index (χ0v) is 12.7. The second-order valence-corrected chi connectivity index (χ2v) is 5.79. The summed E-state index contributed by atoms with van der Waals surface area (Å²) in [4.78, 5) is 0.101. The molecule has 1 nitrogen and oxygen atoms in total. The molecule has 0 aliphatic heterocycles. The maximum atomic E-state index is 12.1. The Kier molecular flexibility index (Phi) is 5.38. The van der Waals surface area contributed by atoms with Crippen molar-refractivity contribution in [2.75, 3.05) is 0 Å². The summed E-state index contributed by atoms with van der Waals surface area (Å²) in [6.45, 7) is -2.80. The van der Waals surface area contributed by atoms with Crippen LogP contribution in [-0.4, -0.2) is 6.61 Å². The molecule has 0 saturated heterocycles. The van der Waals surface area contributed by atoms with Crippen LogP contribution in [0.15, 0.2) is 48.5 Å². The van der Waals surface area contributed by atoms with E-state index in [1.165, 1.54) is 12.1 Å². The molecular weight excluding hydrogens is 350 g/mol. The van der Waals surface area contributed by atoms with E-state index in [1.807, 2.05) is 24.3 Å². The Morgan fingerprint density at radius 2 is 1.60 bits per heavy atom. The summed E-state index contributed by atoms with van der Waals surface area (Å²) in [7, 11) is 0. The van der Waals surface area contributed by atoms with Crippen LogP contribution in [-0.2, 0) is 6.42 Å². The van der Waals surface area contributed by atoms with Gasteiger partial charge in [0.25, 0.3) is 0 Å². The Morgan fingerprint density at radius 3 is 2.15 bits per heavy atom. The molecule has 0 saturated carbocycles. The molecule has 1 atom stereocenters. The van der Waals surface area contributed by atoms with Crippen molar-refractivity contribution in [3.05, 3.63) is 64.7 Å². The van der Waals surface area contributed by atoms with Gasteiger partial charge in [0.2, 0.25) is 0 Å². The molecule has 1 unspecified atom stereocenters. The monoisotopic (exact) mass is 360 g/mol. The average molecular weight is 362 g/mol. The number of rotatable bonds is 5. The van der Waals surface area contributed by atoms with Gasteiger partial charge in [0, 0.05) is 9.85 Å². The quantitative estimate of drug-likeness (QED) is 0.628. The van der Waals surface area contributed by atoms with Crippen LogP contribution in [0.1, 0.15) is 16.0 Å². The van der Waals surface area contributed by atoms with Crippen molar-refractivity contribution in [2.24, 2.45) is 0 Å². The van der Waals surface area contributed by atoms with Gasteiger partial charge >= 0.3 is 6.61 Å². The summed E-state index contributed by atoms with van der Waals surface area (Å²) in [5.41, 5.74) is 2.14. The predicted molar refractivity (Wildman–Crippen MR) is 79.9 cm³/mol. The van der Waals surface area contributed by atoms with Gasteiger partial charge in [-0.1, -0.05) is 51.8 Å². The van der Waals surface area contributed by atoms with E-state index in [1.54, 1.807) is 12.1 Å². The maximum absolute atomic E-state index is 12.1. The van der Waals surface area contributed by atoms with Gasteiger partial charge in [-0.05, 0) is 41.8 Å². The van der Waals surface area contributed by atoms with Gasteiger partial charge in [-0.3, -0.25) is 0 Å². The Bertz CT molecular complexity index is 543. The lowest BCUT2D eigenvalue weighted by atomic mass is 10.0. The van der Waals surface area contributed by atoms with Crippen LogP contribution in [0.5, 0.6) is 5.75 Å². The van der Waals surface area contributed by atoms with E-state index < -0.39 is 6.61 Å². The Hall–Kier alpha value is -1.13. The molecular formula is C15H12BrClF2O. The van der Waals surface area contributed by atoms with Crippen molar-refractivity contribution in [1.82, 2.24) is 0 Å². The van der Waals surface area contributed by atoms with E-state index in [2.05, 4.69) is 20.7 Å². The molecule has 0 aliphatic rings. The molecule has 0 fully saturated rings. The Labute approximate surface area is 129 Å². The minimum Gasteiger partial charge on any atom is -0.435 e. The molecule has 0 radical (unpaired) electrons. The zero-order chi connectivity index (χ0) is 14.5. The third-order valence-corrected chi connectivity index (χ3v) is 3.90. The first-order valence-electron chi connectivity index (χ1n) is 5.98. The van der Waals surface area contributed by atoms with Gasteiger partial charge in [-0.25, -0.2) is 0 Å². The second kappa shape index (κ2) is 7.04. The first kappa shape index (κ1) is 15.3. The van der Waals surface area contributed by atoms with E-state index in [0.29, 0.717) is 5.02 Å². The SMILES string of the molecule is FC(F)Oc1ccc(C(Br)Cc2ccc(Cl)cc2)cc1. The Balaban J connectivity index is 2.01. The summed E-state index contributed by atoms with van der Waals surface area (Å²) >= 11 is 9.43. The smallest absolute Gasteiger partial charge is 0.387 e. The lowest BCUT2D eigenvalue weighted by Crippen LogP contribution is -2.02. The fraction of sp³-hybridized carbons (Fsp3) is 0.200. The van der Waals surface area contributed by atoms with Gasteiger partial charge in [0.05, 0.1) is 0 Å². The van der Waals surface area contributed by atoms with Crippen molar-refractivity contribution in [3.63, 3.8) is 0 Å². The minimum absolute atomic E-state index is 0.101. The Morgan fingerprint density at radius 1 is 1.00 bits per heavy atom. The number of hydrogen-bond donors (Lipinski definition) is 0. The lowest BCUT2D eigenvalue weighted by molar-refractivity contribution is -0.0498. The van der Waals surface area contributed by atoms with Crippen molar-refractivity contribution in [2.45, 2.75) is 17.9 Å². The standard InChI is InChI=1S/C15H12BrClF2O/c16-14(9-10-1-5-12(17)6-2-10)11-3-7-13(8-4-11)20-15(18)19/h1-8,14-15H,9H2. The van der Waals surface area contributed by atoms with E-state index in [0.717, 1.165) is 17.5 Å². The highest BCUT2D eigenvalue weighted by molar-refractivity contribution is 9.09. The first-order chi connectivity index (χ1) is 9.54. The molecule has 2 aromatic rings. The van der Waals surface area contributed by atoms with Crippen LogP contribution in [0.2, 0.25) is 5.02 Å². The van der Waals surface area contributed by atoms with Crippen LogP contribution < -0.4 is 4.74 Å². The topological polar surface area (TPSA) is 9.23 Å². The molecule has 106 valence electrons. The van der Waals surface area contributed by atoms with Gasteiger partial charge in [-0.15, -0.1) is 0 Å². The van der Waals surface area contributed by atoms with Gasteiger partial charge in [-0.2, -0.15) is 8.78 Å². The second-order valence-electron chi connectivity index (χ2n) is 4.25. The van der Waals surface area contributed by atoms with E-state index in [4.69, 9.17) is 11.6 Å². The van der Waals surface area contributed by atoms with Crippen LogP contribution in [0.4, 0.5) is 8.78 Å². The van der Waals surface area contributed by atoms with Crippen molar-refractivity contribution in [3.8, 4) is 5.75 Å². The van der Waals surface area contributed by atoms with Crippen LogP contribution in [0.3, 0.4) is 0 Å². The minimum atomic E-state index is -2.80. The largest absolute Gasteiger partial charge is 0.435 e. The number of hydrogen-bond acceptors (Lipinski definition) is 1. The number of alkyl halides is 3. The molecule has 0 N–H and O–H groups in total. The summed E-state index contributed by atoms with van der Waals surface area (Å²) in [6, 6.07) is 14.2. The molecule has 5 heteroatoms. The fourth-order valence-electron chi connectivity index (χ4n) is 1.80. The molecule has 0 bridgehead atoms. The molecule has 20 heavy (non-hydrogen) atoms. The third-order valence-electron chi connectivity index (χ3n) is 2.80. The number of halogens is 4. The molecule has 0 amide bonds. The number of benzene rings is 2. The summed E-state index contributed by atoms with van der Waals surface area (Å²) in [5.74, 6) is 0.162. The molecule has 0 heterocycles. The van der Waals surface area contributed by atoms with E-state index in [-0.39, 0.29) is 10.6 Å². The average Bonchev–Trinajstić information content (AvgIpc) is 2.41. The van der Waals surface area contributed by atoms with E-state index in [9.17, 15) is 8.78 Å². The summed E-state index contributed by atoms with van der Waals surface area (Å²) in [5, 5.41) is 0.702. The fourth-order valence-corrected chi connectivity index (χ4v) is 2.61. The van der Waals surface area contributed by atoms with Crippen LogP contribution >= 0.6 is 27.5 Å². The van der Waals surface area contributed by atoms with Crippen LogP contribution in [0.25, 0.3) is 0 Å². The normalized spacial score (nSPS) is 12.4. The van der Waals surface area contributed by atoms with Crippen molar-refractivity contribution < 1.29 is 13.5 Å². The molecule has 0 aliphatic carbocycles. The van der Waals surface area contributed by atoms with Crippen molar-refractivity contribution in [1.29, 1.82) is 0 Å². The van der Waals surface area contributed by atoms with Crippen molar-refractivity contribution >= 4 is 27.5 Å². The highest BCUT2D eigenvalue weighted by Gasteiger charge is 2.10. The van der Waals surface area contributed by atoms with Gasteiger partial charge in [0.1, 0.15) is 5.75 Å². The highest BCUT2D eigenvalue weighted by atomic mass is 79.9. The summed E-state index contributed by atoms with van der Waals surface area (Å²) in [6.07, 6.45) is 0.784. The first-order valence-corrected chi connectivity index (χ1v) is 7.27. The predicted octanol–water partition coefficient (Wildman–Crippen LogP) is 5.62. The maximum Gasteiger partial charge on any atom is 0.387 e. The molecule has 0 aromatic heterocycles. The molecule has 0 spiro atoms. The number of ether oxygens (including phenoxy) is 1. The van der Waals surface area contributed by atoms with Crippen LogP contribution in [0, 0.1) is 0 Å². The molecule has 2 rings (SSSR count). The third kappa shape index (κ3) is 4.46. The summed E-state index contributed by atoms with van der Waals surface area (Å²) < 4.78 is 28.4. The van der Waals surface area contributed by atoms with E-state index >= 15 is 0 Å². The van der Waals surface area contributed by atoms with Gasteiger partial charge in [0.15, 0.2) is 0 Å². The molecule has 2 aromatic carbocycles.